The summed E-state index contributed by atoms with van der Waals surface area (Å²) in [6, 6.07) is 1.71. The monoisotopic (exact) mass is 356 g/mol. The van der Waals surface area contributed by atoms with Crippen LogP contribution in [0.1, 0.15) is 5.56 Å². The number of rotatable bonds is 5. The molecule has 0 fully saturated rings. The summed E-state index contributed by atoms with van der Waals surface area (Å²) in [7, 11) is -6.99. The second-order valence-corrected chi connectivity index (χ2v) is 5.06. The third kappa shape index (κ3) is 3.48. The highest BCUT2D eigenvalue weighted by atomic mass is 32.3. The van der Waals surface area contributed by atoms with Crippen molar-refractivity contribution in [3.8, 4) is 5.75 Å². The first kappa shape index (κ1) is 18.2. The highest BCUT2D eigenvalue weighted by Gasteiger charge is 2.70. The molecule has 1 rings (SSSR count). The highest BCUT2D eigenvalue weighted by molar-refractivity contribution is 7.87. The quantitative estimate of drug-likeness (QED) is 0.590. The van der Waals surface area contributed by atoms with Crippen molar-refractivity contribution in [3.05, 3.63) is 35.9 Å². The fourth-order valence-corrected chi connectivity index (χ4v) is 1.45. The minimum atomic E-state index is -6.99. The number of halogens is 8. The summed E-state index contributed by atoms with van der Waals surface area (Å²) >= 11 is 0. The molecule has 22 heavy (non-hydrogen) atoms. The van der Waals surface area contributed by atoms with Crippen LogP contribution in [-0.2, 0) is 10.2 Å². The van der Waals surface area contributed by atoms with Crippen LogP contribution < -0.4 is 4.74 Å². The van der Waals surface area contributed by atoms with Crippen molar-refractivity contribution in [3.63, 3.8) is 0 Å². The van der Waals surface area contributed by atoms with Gasteiger partial charge in [0.25, 0.3) is 0 Å². The normalized spacial score (nSPS) is 12.9. The lowest BCUT2D eigenvalue weighted by atomic mass is 10.2. The third-order valence-electron chi connectivity index (χ3n) is 2.16. The van der Waals surface area contributed by atoms with Crippen molar-refractivity contribution in [2.24, 2.45) is 0 Å². The van der Waals surface area contributed by atoms with E-state index in [-0.39, 0.29) is 0 Å². The summed E-state index contributed by atoms with van der Waals surface area (Å²) in [5, 5.41) is -6.19. The first-order valence-corrected chi connectivity index (χ1v) is 6.38. The highest BCUT2D eigenvalue weighted by Crippen LogP contribution is 2.41. The van der Waals surface area contributed by atoms with Crippen molar-refractivity contribution < 1.29 is 47.8 Å². The van der Waals surface area contributed by atoms with Crippen molar-refractivity contribution in [1.82, 2.24) is 0 Å². The lowest BCUT2D eigenvalue weighted by molar-refractivity contribution is -0.273. The van der Waals surface area contributed by atoms with Crippen molar-refractivity contribution >= 4 is 16.1 Å². The molecule has 0 bridgehead atoms. The van der Waals surface area contributed by atoms with E-state index in [1.165, 1.54) is 0 Å². The molecule has 0 unspecified atom stereocenters. The molecule has 0 aliphatic carbocycles. The zero-order chi connectivity index (χ0) is 17.3. The summed E-state index contributed by atoms with van der Waals surface area (Å²) in [4.78, 5) is 0. The maximum atomic E-state index is 13.0. The van der Waals surface area contributed by atoms with E-state index in [1.807, 2.05) is 0 Å². The molecule has 0 amide bonds. The summed E-state index contributed by atoms with van der Waals surface area (Å²) in [6.45, 7) is 0. The first-order chi connectivity index (χ1) is 9.79. The van der Waals surface area contributed by atoms with Gasteiger partial charge in [0, 0.05) is 5.56 Å². The lowest BCUT2D eigenvalue weighted by Crippen LogP contribution is -2.49. The van der Waals surface area contributed by atoms with Crippen LogP contribution in [0, 0.1) is 0 Å². The summed E-state index contributed by atoms with van der Waals surface area (Å²) in [6.07, 6.45) is -8.50. The molecule has 0 atom stereocenters. The van der Waals surface area contributed by atoms with Gasteiger partial charge in [0.1, 0.15) is 5.75 Å². The Bertz CT molecular complexity index is 677. The summed E-state index contributed by atoms with van der Waals surface area (Å²) in [5.74, 6) is -3.13. The van der Waals surface area contributed by atoms with Crippen LogP contribution in [0.4, 0.5) is 34.6 Å². The molecule has 0 N–H and O–H groups in total. The second-order valence-electron chi connectivity index (χ2n) is 3.67. The smallest absolute Gasteiger partial charge is 0.427 e. The molecule has 1 aromatic carbocycles. The van der Waals surface area contributed by atoms with E-state index >= 15 is 0 Å². The number of hydrogen-bond donors (Lipinski definition) is 0. The van der Waals surface area contributed by atoms with E-state index in [4.69, 9.17) is 0 Å². The fraction of sp³-hybridized carbons (Fsp3) is 0.200. The maximum absolute atomic E-state index is 13.0. The Balaban J connectivity index is 3.08. The van der Waals surface area contributed by atoms with Crippen LogP contribution >= 0.6 is 0 Å². The lowest BCUT2D eigenvalue weighted by Gasteiger charge is -2.23. The SMILES string of the molecule is O=S(=O)(F)C(F)(F)C(F)(F)Oc1ccc(C(F)=C(F)F)cc1. The van der Waals surface area contributed by atoms with E-state index in [1.54, 1.807) is 0 Å². The van der Waals surface area contributed by atoms with Gasteiger partial charge in [-0.1, -0.05) is 3.89 Å². The van der Waals surface area contributed by atoms with Crippen molar-refractivity contribution in [1.29, 1.82) is 0 Å². The first-order valence-electron chi connectivity index (χ1n) is 4.99. The minimum absolute atomic E-state index is 0.382. The zero-order valence-electron chi connectivity index (χ0n) is 9.97. The Labute approximate surface area is 118 Å². The van der Waals surface area contributed by atoms with Crippen LogP contribution in [0.25, 0.3) is 5.83 Å². The van der Waals surface area contributed by atoms with Gasteiger partial charge >= 0.3 is 27.7 Å². The van der Waals surface area contributed by atoms with Gasteiger partial charge in [-0.3, -0.25) is 0 Å². The topological polar surface area (TPSA) is 43.4 Å². The molecular weight excluding hydrogens is 352 g/mol. The largest absolute Gasteiger partial charge is 0.483 e. The van der Waals surface area contributed by atoms with Crippen LogP contribution in [0.5, 0.6) is 5.75 Å². The standard InChI is InChI=1S/C10H4F8O3S/c11-7(8(12)13)5-1-3-6(4-2-5)21-9(14,15)10(16,17)22(18,19)20/h1-4H. The Hall–Kier alpha value is -1.85. The minimum Gasteiger partial charge on any atom is -0.427 e. The average molecular weight is 356 g/mol. The second kappa shape index (κ2) is 5.74. The summed E-state index contributed by atoms with van der Waals surface area (Å²) < 4.78 is 123. The van der Waals surface area contributed by atoms with Gasteiger partial charge in [0.15, 0.2) is 5.83 Å². The number of hydrogen-bond acceptors (Lipinski definition) is 3. The fourth-order valence-electron chi connectivity index (χ4n) is 1.13. The molecule has 124 valence electrons. The molecule has 0 aliphatic heterocycles. The molecule has 1 aromatic rings. The molecule has 12 heteroatoms. The molecule has 0 heterocycles. The Morgan fingerprint density at radius 2 is 1.41 bits per heavy atom. The molecule has 0 saturated heterocycles. The van der Waals surface area contributed by atoms with Gasteiger partial charge < -0.3 is 4.74 Å². The Morgan fingerprint density at radius 3 is 1.77 bits per heavy atom. The number of ether oxygens (including phenoxy) is 1. The van der Waals surface area contributed by atoms with Gasteiger partial charge in [-0.25, -0.2) is 4.39 Å². The molecular formula is C10H4F8O3S. The predicted octanol–water partition coefficient (Wildman–Crippen LogP) is 4.08. The average Bonchev–Trinajstić information content (AvgIpc) is 2.36. The van der Waals surface area contributed by atoms with E-state index in [2.05, 4.69) is 4.74 Å². The van der Waals surface area contributed by atoms with Gasteiger partial charge in [0.2, 0.25) is 0 Å². The Morgan fingerprint density at radius 1 is 0.955 bits per heavy atom. The van der Waals surface area contributed by atoms with E-state index < -0.39 is 44.8 Å². The van der Waals surface area contributed by atoms with E-state index in [0.717, 1.165) is 0 Å². The van der Waals surface area contributed by atoms with E-state index in [0.29, 0.717) is 24.3 Å². The molecule has 0 spiro atoms. The van der Waals surface area contributed by atoms with Crippen molar-refractivity contribution in [2.45, 2.75) is 11.4 Å². The maximum Gasteiger partial charge on any atom is 0.483 e. The number of alkyl halides is 4. The Kier molecular flexibility index (Phi) is 4.75. The molecule has 0 saturated carbocycles. The molecule has 0 aliphatic rings. The van der Waals surface area contributed by atoms with Gasteiger partial charge in [-0.2, -0.15) is 34.8 Å². The third-order valence-corrected chi connectivity index (χ3v) is 3.01. The van der Waals surface area contributed by atoms with Gasteiger partial charge in [0.05, 0.1) is 0 Å². The van der Waals surface area contributed by atoms with Gasteiger partial charge in [-0.15, -0.1) is 0 Å². The van der Waals surface area contributed by atoms with E-state index in [9.17, 15) is 43.0 Å². The molecule has 3 nitrogen and oxygen atoms in total. The molecule has 0 radical (unpaired) electrons. The summed E-state index contributed by atoms with van der Waals surface area (Å²) in [5.41, 5.74) is -0.777. The van der Waals surface area contributed by atoms with Crippen LogP contribution in [0.3, 0.4) is 0 Å². The van der Waals surface area contributed by atoms with Crippen LogP contribution in [0.2, 0.25) is 0 Å². The van der Waals surface area contributed by atoms with Crippen LogP contribution in [-0.4, -0.2) is 19.8 Å². The van der Waals surface area contributed by atoms with Gasteiger partial charge in [-0.05, 0) is 24.3 Å². The zero-order valence-corrected chi connectivity index (χ0v) is 10.8. The van der Waals surface area contributed by atoms with Crippen LogP contribution in [0.15, 0.2) is 30.3 Å². The predicted molar refractivity (Wildman–Crippen MR) is 57.2 cm³/mol. The molecule has 0 aromatic heterocycles. The number of benzene rings is 1. The van der Waals surface area contributed by atoms with Crippen molar-refractivity contribution in [2.75, 3.05) is 0 Å².